The summed E-state index contributed by atoms with van der Waals surface area (Å²) in [6, 6.07) is 0. The van der Waals surface area contributed by atoms with Crippen molar-refractivity contribution in [2.45, 2.75) is 50.7 Å². The number of aliphatic hydroxyl groups excluding tert-OH is 1. The Balaban J connectivity index is 1.78. The number of hydrogen-bond donors (Lipinski definition) is 4. The summed E-state index contributed by atoms with van der Waals surface area (Å²) in [5.41, 5.74) is 12.0. The molecule has 0 heterocycles. The molecule has 0 amide bonds. The molecule has 0 spiro atoms. The molecule has 5 rings (SSSR count). The first kappa shape index (κ1) is 12.7. The fourth-order valence-electron chi connectivity index (χ4n) is 5.78. The topological polar surface area (TPSA) is 92.5 Å². The molecule has 4 fully saturated rings. The van der Waals surface area contributed by atoms with Gasteiger partial charge < -0.3 is 15.9 Å². The Morgan fingerprint density at radius 3 is 2.05 bits per heavy atom. The lowest BCUT2D eigenvalue weighted by Crippen LogP contribution is -2.50. The van der Waals surface area contributed by atoms with Gasteiger partial charge >= 0.3 is 0 Å². The first-order valence-corrected chi connectivity index (χ1v) is 7.79. The molecule has 0 radical (unpaired) electrons. The van der Waals surface area contributed by atoms with E-state index in [-0.39, 0.29) is 17.6 Å². The average molecular weight is 276 g/mol. The van der Waals surface area contributed by atoms with Crippen molar-refractivity contribution in [3.8, 4) is 0 Å². The summed E-state index contributed by atoms with van der Waals surface area (Å²) in [4.78, 5) is 0. The van der Waals surface area contributed by atoms with Crippen molar-refractivity contribution >= 4 is 0 Å². The van der Waals surface area contributed by atoms with Crippen molar-refractivity contribution in [2.75, 3.05) is 0 Å². The zero-order valence-corrected chi connectivity index (χ0v) is 11.8. The van der Waals surface area contributed by atoms with Gasteiger partial charge in [0, 0.05) is 0 Å². The molecule has 4 bridgehead atoms. The van der Waals surface area contributed by atoms with E-state index in [1.165, 1.54) is 19.3 Å². The van der Waals surface area contributed by atoms with Crippen molar-refractivity contribution < 1.29 is 10.2 Å². The predicted molar refractivity (Wildman–Crippen MR) is 76.3 cm³/mol. The molecule has 5 aliphatic rings. The summed E-state index contributed by atoms with van der Waals surface area (Å²) in [6.07, 6.45) is 9.27. The summed E-state index contributed by atoms with van der Waals surface area (Å²) in [5, 5.41) is 20.2. The molecular weight excluding hydrogens is 252 g/mol. The quantitative estimate of drug-likeness (QED) is 0.550. The Labute approximate surface area is 119 Å². The van der Waals surface area contributed by atoms with Crippen LogP contribution in [-0.2, 0) is 0 Å². The fraction of sp³-hybridized carbons (Fsp3) is 0.750. The average Bonchev–Trinajstić information content (AvgIpc) is 2.31. The number of rotatable bonds is 1. The third-order valence-corrected chi connectivity index (χ3v) is 6.06. The van der Waals surface area contributed by atoms with Crippen LogP contribution < -0.4 is 11.5 Å². The van der Waals surface area contributed by atoms with Crippen LogP contribution in [0.5, 0.6) is 0 Å². The maximum Gasteiger partial charge on any atom is 0.140 e. The third-order valence-electron chi connectivity index (χ3n) is 6.06. The molecule has 0 aromatic carbocycles. The van der Waals surface area contributed by atoms with Crippen LogP contribution >= 0.6 is 0 Å². The maximum absolute atomic E-state index is 10.2. The zero-order chi connectivity index (χ0) is 14.1. The van der Waals surface area contributed by atoms with E-state index in [1.54, 1.807) is 6.08 Å². The van der Waals surface area contributed by atoms with Crippen molar-refractivity contribution in [1.29, 1.82) is 0 Å². The van der Waals surface area contributed by atoms with E-state index in [9.17, 15) is 10.2 Å². The van der Waals surface area contributed by atoms with Crippen LogP contribution in [0.25, 0.3) is 0 Å². The molecule has 20 heavy (non-hydrogen) atoms. The van der Waals surface area contributed by atoms with E-state index >= 15 is 0 Å². The number of nitrogens with two attached hydrogens (primary N) is 2. The van der Waals surface area contributed by atoms with Crippen LogP contribution in [0.4, 0.5) is 0 Å². The number of allylic oxidation sites excluding steroid dienone is 1. The molecule has 4 saturated carbocycles. The molecule has 1 atom stereocenters. The minimum Gasteiger partial charge on any atom is -0.510 e. The highest BCUT2D eigenvalue weighted by molar-refractivity contribution is 5.43. The van der Waals surface area contributed by atoms with E-state index < -0.39 is 5.72 Å². The Hall–Kier alpha value is -1.00. The van der Waals surface area contributed by atoms with Gasteiger partial charge in [0.1, 0.15) is 11.5 Å². The van der Waals surface area contributed by atoms with Gasteiger partial charge in [-0.2, -0.15) is 0 Å². The van der Waals surface area contributed by atoms with Gasteiger partial charge in [-0.3, -0.25) is 5.73 Å². The lowest BCUT2D eigenvalue weighted by molar-refractivity contribution is -0.0323. The van der Waals surface area contributed by atoms with Crippen molar-refractivity contribution in [1.82, 2.24) is 0 Å². The standard InChI is InChI=1S/C16H24N2O2/c17-14-12(7-16(18,20)8-13(14)19)15-4-9-1-10(5-15)3-11(2-9)6-15/h7,9-11,19-20H,1-6,8,17-18H2. The Morgan fingerprint density at radius 2 is 1.55 bits per heavy atom. The molecule has 6 N–H and O–H groups in total. The molecule has 110 valence electrons. The minimum absolute atomic E-state index is 0.0225. The zero-order valence-electron chi connectivity index (χ0n) is 11.8. The number of hydrogen-bond acceptors (Lipinski definition) is 4. The van der Waals surface area contributed by atoms with Crippen LogP contribution in [0.15, 0.2) is 23.1 Å². The largest absolute Gasteiger partial charge is 0.510 e. The third kappa shape index (κ3) is 1.74. The smallest absolute Gasteiger partial charge is 0.140 e. The van der Waals surface area contributed by atoms with E-state index in [2.05, 4.69) is 0 Å². The second-order valence-electron chi connectivity index (χ2n) is 7.78. The highest BCUT2D eigenvalue weighted by Gasteiger charge is 2.54. The van der Waals surface area contributed by atoms with Gasteiger partial charge in [-0.25, -0.2) is 0 Å². The molecule has 5 aliphatic carbocycles. The molecule has 1 unspecified atom stereocenters. The maximum atomic E-state index is 10.2. The Morgan fingerprint density at radius 1 is 1.05 bits per heavy atom. The highest BCUT2D eigenvalue weighted by Crippen LogP contribution is 2.63. The van der Waals surface area contributed by atoms with Crippen LogP contribution in [-0.4, -0.2) is 15.9 Å². The molecule has 4 nitrogen and oxygen atoms in total. The van der Waals surface area contributed by atoms with Gasteiger partial charge in [-0.15, -0.1) is 0 Å². The first-order valence-electron chi connectivity index (χ1n) is 7.79. The number of aliphatic hydroxyl groups is 2. The summed E-state index contributed by atoms with van der Waals surface area (Å²) in [7, 11) is 0. The van der Waals surface area contributed by atoms with E-state index in [4.69, 9.17) is 11.5 Å². The second-order valence-corrected chi connectivity index (χ2v) is 7.78. The summed E-state index contributed by atoms with van der Waals surface area (Å²) in [6.45, 7) is 0. The Bertz CT molecular complexity index is 483. The predicted octanol–water partition coefficient (Wildman–Crippen LogP) is 1.91. The molecule has 0 aromatic rings. The van der Waals surface area contributed by atoms with Crippen molar-refractivity contribution in [3.05, 3.63) is 23.1 Å². The summed E-state index contributed by atoms with van der Waals surface area (Å²) < 4.78 is 0. The highest BCUT2D eigenvalue weighted by atomic mass is 16.3. The van der Waals surface area contributed by atoms with Gasteiger partial charge in [0.25, 0.3) is 0 Å². The minimum atomic E-state index is -1.45. The van der Waals surface area contributed by atoms with Gasteiger partial charge in [0.05, 0.1) is 12.1 Å². The monoisotopic (exact) mass is 276 g/mol. The molecule has 0 aromatic heterocycles. The fourth-order valence-corrected chi connectivity index (χ4v) is 5.78. The summed E-state index contributed by atoms with van der Waals surface area (Å²) in [5.74, 6) is 2.45. The lowest BCUT2D eigenvalue weighted by atomic mass is 9.47. The van der Waals surface area contributed by atoms with Crippen LogP contribution in [0.1, 0.15) is 44.9 Å². The second kappa shape index (κ2) is 3.80. The van der Waals surface area contributed by atoms with E-state index in [0.29, 0.717) is 5.70 Å². The van der Waals surface area contributed by atoms with Crippen LogP contribution in [0, 0.1) is 23.2 Å². The van der Waals surface area contributed by atoms with E-state index in [0.717, 1.165) is 42.6 Å². The van der Waals surface area contributed by atoms with E-state index in [1.807, 2.05) is 0 Å². The van der Waals surface area contributed by atoms with Gasteiger partial charge in [-0.05, 0) is 73.3 Å². The van der Waals surface area contributed by atoms with Crippen molar-refractivity contribution in [3.63, 3.8) is 0 Å². The molecule has 0 saturated heterocycles. The van der Waals surface area contributed by atoms with Gasteiger partial charge in [0.2, 0.25) is 0 Å². The van der Waals surface area contributed by atoms with Crippen LogP contribution in [0.3, 0.4) is 0 Å². The Kier molecular flexibility index (Phi) is 2.42. The molecule has 4 heteroatoms. The van der Waals surface area contributed by atoms with Gasteiger partial charge in [-0.1, -0.05) is 0 Å². The van der Waals surface area contributed by atoms with Crippen molar-refractivity contribution in [2.24, 2.45) is 34.6 Å². The first-order chi connectivity index (χ1) is 9.37. The normalized spacial score (nSPS) is 50.5. The molecule has 0 aliphatic heterocycles. The summed E-state index contributed by atoms with van der Waals surface area (Å²) >= 11 is 0. The van der Waals surface area contributed by atoms with Crippen LogP contribution in [0.2, 0.25) is 0 Å². The van der Waals surface area contributed by atoms with Gasteiger partial charge in [0.15, 0.2) is 0 Å². The lowest BCUT2D eigenvalue weighted by Gasteiger charge is -2.58. The molecular formula is C16H24N2O2. The SMILES string of the molecule is NC1=C(O)CC(N)(O)C=C1C12CC3CC(CC(C3)C1)C2.